The van der Waals surface area contributed by atoms with Crippen LogP contribution >= 0.6 is 0 Å². The number of hydrogen-bond donors (Lipinski definition) is 0. The first-order chi connectivity index (χ1) is 8.92. The van der Waals surface area contributed by atoms with E-state index in [2.05, 4.69) is 25.4 Å². The van der Waals surface area contributed by atoms with E-state index >= 15 is 0 Å². The number of aromatic nitrogens is 6. The van der Waals surface area contributed by atoms with Crippen LogP contribution in [0.4, 0.5) is 0 Å². The summed E-state index contributed by atoms with van der Waals surface area (Å²) in [5.74, 6) is 0.598. The molecule has 0 radical (unpaired) electrons. The SMILES string of the molecule is c1cncc(Cn2nnc(-c3ccncc3)n2)c1. The van der Waals surface area contributed by atoms with Gasteiger partial charge in [0.05, 0.1) is 6.54 Å². The van der Waals surface area contributed by atoms with Gasteiger partial charge in [-0.25, -0.2) is 0 Å². The Hall–Kier alpha value is -2.63. The highest BCUT2D eigenvalue weighted by molar-refractivity contribution is 5.51. The van der Waals surface area contributed by atoms with Crippen LogP contribution in [0.5, 0.6) is 0 Å². The Kier molecular flexibility index (Phi) is 2.75. The largest absolute Gasteiger partial charge is 0.265 e. The van der Waals surface area contributed by atoms with Crippen molar-refractivity contribution < 1.29 is 0 Å². The van der Waals surface area contributed by atoms with E-state index in [-0.39, 0.29) is 0 Å². The van der Waals surface area contributed by atoms with Gasteiger partial charge in [0.1, 0.15) is 0 Å². The first-order valence-corrected chi connectivity index (χ1v) is 5.49. The van der Waals surface area contributed by atoms with Crippen molar-refractivity contribution in [1.82, 2.24) is 30.2 Å². The van der Waals surface area contributed by atoms with Crippen LogP contribution in [0.2, 0.25) is 0 Å². The summed E-state index contributed by atoms with van der Waals surface area (Å²) in [7, 11) is 0. The van der Waals surface area contributed by atoms with Gasteiger partial charge in [0.15, 0.2) is 0 Å². The maximum absolute atomic E-state index is 4.31. The first-order valence-electron chi connectivity index (χ1n) is 5.49. The van der Waals surface area contributed by atoms with E-state index in [1.807, 2.05) is 24.3 Å². The van der Waals surface area contributed by atoms with Gasteiger partial charge < -0.3 is 0 Å². The molecule has 0 amide bonds. The fourth-order valence-electron chi connectivity index (χ4n) is 1.58. The molecule has 0 atom stereocenters. The molecule has 3 aromatic heterocycles. The highest BCUT2D eigenvalue weighted by Crippen LogP contribution is 2.11. The molecule has 0 spiro atoms. The summed E-state index contributed by atoms with van der Waals surface area (Å²) >= 11 is 0. The van der Waals surface area contributed by atoms with Crippen LogP contribution in [0.25, 0.3) is 11.4 Å². The molecule has 6 nitrogen and oxygen atoms in total. The maximum atomic E-state index is 4.31. The fraction of sp³-hybridized carbons (Fsp3) is 0.0833. The number of tetrazole rings is 1. The van der Waals surface area contributed by atoms with Crippen LogP contribution in [0.15, 0.2) is 49.1 Å². The molecule has 0 unspecified atom stereocenters. The number of hydrogen-bond acceptors (Lipinski definition) is 5. The third kappa shape index (κ3) is 2.22. The van der Waals surface area contributed by atoms with Crippen molar-refractivity contribution in [1.29, 1.82) is 0 Å². The highest BCUT2D eigenvalue weighted by atomic mass is 15.6. The third-order valence-corrected chi connectivity index (χ3v) is 2.44. The summed E-state index contributed by atoms with van der Waals surface area (Å²) in [6.07, 6.45) is 6.93. The van der Waals surface area contributed by atoms with Gasteiger partial charge in [0, 0.05) is 30.4 Å². The lowest BCUT2D eigenvalue weighted by atomic mass is 10.3. The van der Waals surface area contributed by atoms with Crippen molar-refractivity contribution in [3.8, 4) is 11.4 Å². The molecule has 0 saturated heterocycles. The van der Waals surface area contributed by atoms with Gasteiger partial charge in [-0.05, 0) is 29.0 Å². The zero-order valence-electron chi connectivity index (χ0n) is 9.51. The lowest BCUT2D eigenvalue weighted by Crippen LogP contribution is -2.04. The second-order valence-corrected chi connectivity index (χ2v) is 3.74. The van der Waals surface area contributed by atoms with Crippen molar-refractivity contribution in [2.24, 2.45) is 0 Å². The van der Waals surface area contributed by atoms with E-state index in [1.54, 1.807) is 29.6 Å². The number of rotatable bonds is 3. The molecule has 0 N–H and O–H groups in total. The van der Waals surface area contributed by atoms with Gasteiger partial charge >= 0.3 is 0 Å². The van der Waals surface area contributed by atoms with Gasteiger partial charge in [0.2, 0.25) is 5.82 Å². The Bertz CT molecular complexity index is 619. The highest BCUT2D eigenvalue weighted by Gasteiger charge is 2.05. The molecule has 0 aliphatic carbocycles. The van der Waals surface area contributed by atoms with E-state index in [0.717, 1.165) is 11.1 Å². The minimum Gasteiger partial charge on any atom is -0.265 e. The van der Waals surface area contributed by atoms with Gasteiger partial charge in [-0.1, -0.05) is 6.07 Å². The van der Waals surface area contributed by atoms with Crippen molar-refractivity contribution in [2.75, 3.05) is 0 Å². The molecule has 0 fully saturated rings. The second-order valence-electron chi connectivity index (χ2n) is 3.74. The zero-order chi connectivity index (χ0) is 12.2. The smallest absolute Gasteiger partial charge is 0.205 e. The minimum absolute atomic E-state index is 0.561. The van der Waals surface area contributed by atoms with E-state index in [1.165, 1.54) is 0 Å². The van der Waals surface area contributed by atoms with E-state index in [4.69, 9.17) is 0 Å². The summed E-state index contributed by atoms with van der Waals surface area (Å²) in [4.78, 5) is 9.55. The van der Waals surface area contributed by atoms with E-state index in [0.29, 0.717) is 12.4 Å². The predicted molar refractivity (Wildman–Crippen MR) is 64.4 cm³/mol. The molecule has 0 aliphatic heterocycles. The summed E-state index contributed by atoms with van der Waals surface area (Å²) in [6.45, 7) is 0.561. The molecule has 88 valence electrons. The molecule has 0 aromatic carbocycles. The second kappa shape index (κ2) is 4.70. The number of pyridine rings is 2. The molecule has 3 aromatic rings. The standard InChI is InChI=1S/C12H10N6/c1-2-10(8-14-5-1)9-18-16-12(15-17-18)11-3-6-13-7-4-11/h1-8H,9H2. The molecule has 6 heteroatoms. The summed E-state index contributed by atoms with van der Waals surface area (Å²) in [5, 5.41) is 12.3. The minimum atomic E-state index is 0.561. The van der Waals surface area contributed by atoms with Crippen LogP contribution in [0, 0.1) is 0 Å². The molecule has 18 heavy (non-hydrogen) atoms. The Morgan fingerprint density at radius 2 is 1.89 bits per heavy atom. The summed E-state index contributed by atoms with van der Waals surface area (Å²) in [6, 6.07) is 7.56. The summed E-state index contributed by atoms with van der Waals surface area (Å²) < 4.78 is 0. The monoisotopic (exact) mass is 238 g/mol. The predicted octanol–water partition coefficient (Wildman–Crippen LogP) is 1.18. The normalized spacial score (nSPS) is 10.4. The third-order valence-electron chi connectivity index (χ3n) is 2.44. The lowest BCUT2D eigenvalue weighted by Gasteiger charge is -1.97. The van der Waals surface area contributed by atoms with E-state index < -0.39 is 0 Å². The Morgan fingerprint density at radius 3 is 2.67 bits per heavy atom. The van der Waals surface area contributed by atoms with Crippen molar-refractivity contribution >= 4 is 0 Å². The number of nitrogens with zero attached hydrogens (tertiary/aromatic N) is 6. The quantitative estimate of drug-likeness (QED) is 0.685. The Balaban J connectivity index is 1.82. The lowest BCUT2D eigenvalue weighted by molar-refractivity contribution is 0.572. The molecule has 0 bridgehead atoms. The van der Waals surface area contributed by atoms with Crippen molar-refractivity contribution in [3.05, 3.63) is 54.6 Å². The molecule has 3 heterocycles. The molecular formula is C12H10N6. The first kappa shape index (κ1) is 10.5. The Labute approximate surface area is 103 Å². The van der Waals surface area contributed by atoms with Crippen LogP contribution in [0.3, 0.4) is 0 Å². The topological polar surface area (TPSA) is 69.4 Å². The van der Waals surface area contributed by atoms with Crippen LogP contribution < -0.4 is 0 Å². The van der Waals surface area contributed by atoms with Gasteiger partial charge in [-0.15, -0.1) is 10.2 Å². The van der Waals surface area contributed by atoms with Crippen LogP contribution in [-0.4, -0.2) is 30.2 Å². The fourth-order valence-corrected chi connectivity index (χ4v) is 1.58. The van der Waals surface area contributed by atoms with Crippen LogP contribution in [-0.2, 0) is 6.54 Å². The average molecular weight is 238 g/mol. The van der Waals surface area contributed by atoms with E-state index in [9.17, 15) is 0 Å². The van der Waals surface area contributed by atoms with Crippen molar-refractivity contribution in [2.45, 2.75) is 6.54 Å². The van der Waals surface area contributed by atoms with Gasteiger partial charge in [-0.2, -0.15) is 4.80 Å². The maximum Gasteiger partial charge on any atom is 0.205 e. The van der Waals surface area contributed by atoms with Crippen LogP contribution in [0.1, 0.15) is 5.56 Å². The average Bonchev–Trinajstić information content (AvgIpc) is 2.89. The molecule has 0 saturated carbocycles. The van der Waals surface area contributed by atoms with Gasteiger partial charge in [0.25, 0.3) is 0 Å². The van der Waals surface area contributed by atoms with Crippen molar-refractivity contribution in [3.63, 3.8) is 0 Å². The molecule has 3 rings (SSSR count). The zero-order valence-corrected chi connectivity index (χ0v) is 9.51. The Morgan fingerprint density at radius 1 is 1.00 bits per heavy atom. The van der Waals surface area contributed by atoms with Gasteiger partial charge in [-0.3, -0.25) is 9.97 Å². The molecule has 0 aliphatic rings. The summed E-state index contributed by atoms with van der Waals surface area (Å²) in [5.41, 5.74) is 1.94. The molecular weight excluding hydrogens is 228 g/mol.